The van der Waals surface area contributed by atoms with Crippen LogP contribution in [0.4, 0.5) is 0 Å². The molecule has 1 rings (SSSR count). The highest BCUT2D eigenvalue weighted by Gasteiger charge is 2.26. The van der Waals surface area contributed by atoms with E-state index in [1.807, 2.05) is 13.8 Å². The van der Waals surface area contributed by atoms with Crippen molar-refractivity contribution in [2.75, 3.05) is 19.6 Å². The lowest BCUT2D eigenvalue weighted by atomic mass is 10.0. The lowest BCUT2D eigenvalue weighted by Gasteiger charge is -2.33. The topological polar surface area (TPSA) is 61.4 Å². The normalized spacial score (nSPS) is 18.9. The SMILES string of the molecule is CCCN1CCC(NC(=O)C(NC(C)=O)C(C)C)CC1. The molecule has 0 spiro atoms. The van der Waals surface area contributed by atoms with E-state index in [4.69, 9.17) is 0 Å². The number of nitrogens with zero attached hydrogens (tertiary/aromatic N) is 1. The minimum absolute atomic E-state index is 0.0517. The van der Waals surface area contributed by atoms with Gasteiger partial charge in [0.2, 0.25) is 11.8 Å². The molecule has 0 aromatic heterocycles. The Morgan fingerprint density at radius 3 is 2.30 bits per heavy atom. The first-order valence-corrected chi connectivity index (χ1v) is 7.73. The summed E-state index contributed by atoms with van der Waals surface area (Å²) >= 11 is 0. The van der Waals surface area contributed by atoms with Gasteiger partial charge in [0, 0.05) is 26.1 Å². The highest BCUT2D eigenvalue weighted by Crippen LogP contribution is 2.11. The molecule has 20 heavy (non-hydrogen) atoms. The number of hydrogen-bond donors (Lipinski definition) is 2. The van der Waals surface area contributed by atoms with E-state index in [0.717, 1.165) is 32.5 Å². The van der Waals surface area contributed by atoms with E-state index in [1.54, 1.807) is 0 Å². The first-order valence-electron chi connectivity index (χ1n) is 7.73. The first-order chi connectivity index (χ1) is 9.43. The molecular formula is C15H29N3O2. The molecule has 0 aromatic carbocycles. The zero-order valence-corrected chi connectivity index (χ0v) is 13.2. The van der Waals surface area contributed by atoms with Gasteiger partial charge in [-0.25, -0.2) is 0 Å². The Bertz CT molecular complexity index is 323. The fourth-order valence-electron chi connectivity index (χ4n) is 2.66. The molecule has 1 saturated heterocycles. The lowest BCUT2D eigenvalue weighted by Crippen LogP contribution is -2.53. The van der Waals surface area contributed by atoms with Gasteiger partial charge in [0.15, 0.2) is 0 Å². The van der Waals surface area contributed by atoms with Gasteiger partial charge >= 0.3 is 0 Å². The van der Waals surface area contributed by atoms with Gasteiger partial charge in [0.25, 0.3) is 0 Å². The summed E-state index contributed by atoms with van der Waals surface area (Å²) in [4.78, 5) is 25.9. The van der Waals surface area contributed by atoms with Crippen LogP contribution in [-0.2, 0) is 9.59 Å². The van der Waals surface area contributed by atoms with Gasteiger partial charge in [0.1, 0.15) is 6.04 Å². The molecule has 1 aliphatic heterocycles. The highest BCUT2D eigenvalue weighted by molar-refractivity contribution is 5.87. The minimum Gasteiger partial charge on any atom is -0.351 e. The van der Waals surface area contributed by atoms with Crippen molar-refractivity contribution in [2.24, 2.45) is 5.92 Å². The van der Waals surface area contributed by atoms with E-state index in [0.29, 0.717) is 0 Å². The Morgan fingerprint density at radius 2 is 1.85 bits per heavy atom. The van der Waals surface area contributed by atoms with Crippen molar-refractivity contribution >= 4 is 11.8 Å². The fourth-order valence-corrected chi connectivity index (χ4v) is 2.66. The van der Waals surface area contributed by atoms with Gasteiger partial charge in [-0.1, -0.05) is 20.8 Å². The predicted molar refractivity (Wildman–Crippen MR) is 80.3 cm³/mol. The smallest absolute Gasteiger partial charge is 0.243 e. The van der Waals surface area contributed by atoms with Gasteiger partial charge in [0.05, 0.1) is 0 Å². The standard InChI is InChI=1S/C15H29N3O2/c1-5-8-18-9-6-13(7-10-18)17-15(20)14(11(2)3)16-12(4)19/h11,13-14H,5-10H2,1-4H3,(H,16,19)(H,17,20). The number of nitrogens with one attached hydrogen (secondary N) is 2. The molecule has 0 aromatic rings. The molecule has 2 amide bonds. The van der Waals surface area contributed by atoms with E-state index in [1.165, 1.54) is 13.3 Å². The van der Waals surface area contributed by atoms with Crippen molar-refractivity contribution in [3.05, 3.63) is 0 Å². The van der Waals surface area contributed by atoms with Crippen LogP contribution in [-0.4, -0.2) is 48.4 Å². The first kappa shape index (κ1) is 17.0. The van der Waals surface area contributed by atoms with Crippen LogP contribution in [0.1, 0.15) is 47.0 Å². The molecule has 116 valence electrons. The number of hydrogen-bond acceptors (Lipinski definition) is 3. The van der Waals surface area contributed by atoms with Crippen LogP contribution < -0.4 is 10.6 Å². The molecule has 1 fully saturated rings. The van der Waals surface area contributed by atoms with Gasteiger partial charge in [-0.2, -0.15) is 0 Å². The molecule has 0 saturated carbocycles. The average Bonchev–Trinajstić information content (AvgIpc) is 2.38. The van der Waals surface area contributed by atoms with E-state index in [-0.39, 0.29) is 23.8 Å². The number of amides is 2. The van der Waals surface area contributed by atoms with Crippen molar-refractivity contribution in [1.82, 2.24) is 15.5 Å². The second kappa shape index (κ2) is 8.25. The van der Waals surface area contributed by atoms with Crippen molar-refractivity contribution in [3.63, 3.8) is 0 Å². The second-order valence-corrected chi connectivity index (χ2v) is 6.05. The Kier molecular flexibility index (Phi) is 6.99. The third-order valence-electron chi connectivity index (χ3n) is 3.78. The maximum atomic E-state index is 12.3. The van der Waals surface area contributed by atoms with Crippen LogP contribution in [0.2, 0.25) is 0 Å². The summed E-state index contributed by atoms with van der Waals surface area (Å²) in [5.41, 5.74) is 0. The Morgan fingerprint density at radius 1 is 1.25 bits per heavy atom. The fraction of sp³-hybridized carbons (Fsp3) is 0.867. The molecule has 5 nitrogen and oxygen atoms in total. The minimum atomic E-state index is -0.429. The molecule has 2 N–H and O–H groups in total. The Labute approximate surface area is 122 Å². The molecule has 0 bridgehead atoms. The second-order valence-electron chi connectivity index (χ2n) is 6.05. The Hall–Kier alpha value is -1.10. The molecule has 0 aliphatic carbocycles. The van der Waals surface area contributed by atoms with Crippen LogP contribution >= 0.6 is 0 Å². The molecule has 5 heteroatoms. The number of carbonyl (C=O) groups excluding carboxylic acids is 2. The zero-order valence-electron chi connectivity index (χ0n) is 13.2. The zero-order chi connectivity index (χ0) is 15.1. The summed E-state index contributed by atoms with van der Waals surface area (Å²) in [6.07, 6.45) is 3.17. The molecule has 1 heterocycles. The number of piperidine rings is 1. The maximum absolute atomic E-state index is 12.3. The summed E-state index contributed by atoms with van der Waals surface area (Å²) in [6, 6.07) is -0.188. The summed E-state index contributed by atoms with van der Waals surface area (Å²) in [5, 5.41) is 5.82. The molecular weight excluding hydrogens is 254 g/mol. The summed E-state index contributed by atoms with van der Waals surface area (Å²) in [5.74, 6) is -0.111. The summed E-state index contributed by atoms with van der Waals surface area (Å²) in [7, 11) is 0. The molecule has 1 aliphatic rings. The van der Waals surface area contributed by atoms with Gasteiger partial charge in [-0.15, -0.1) is 0 Å². The molecule has 1 unspecified atom stereocenters. The van der Waals surface area contributed by atoms with Crippen LogP contribution in [0, 0.1) is 5.92 Å². The highest BCUT2D eigenvalue weighted by atomic mass is 16.2. The summed E-state index contributed by atoms with van der Waals surface area (Å²) in [6.45, 7) is 10.8. The molecule has 0 radical (unpaired) electrons. The monoisotopic (exact) mass is 283 g/mol. The number of rotatable bonds is 6. The number of likely N-dealkylation sites (tertiary alicyclic amines) is 1. The van der Waals surface area contributed by atoms with Gasteiger partial charge in [-0.05, 0) is 31.7 Å². The van der Waals surface area contributed by atoms with Gasteiger partial charge < -0.3 is 15.5 Å². The van der Waals surface area contributed by atoms with E-state index < -0.39 is 6.04 Å². The summed E-state index contributed by atoms with van der Waals surface area (Å²) < 4.78 is 0. The van der Waals surface area contributed by atoms with E-state index >= 15 is 0 Å². The Balaban J connectivity index is 2.43. The predicted octanol–water partition coefficient (Wildman–Crippen LogP) is 1.14. The van der Waals surface area contributed by atoms with Crippen molar-refractivity contribution in [3.8, 4) is 0 Å². The van der Waals surface area contributed by atoms with Crippen molar-refractivity contribution in [1.29, 1.82) is 0 Å². The van der Waals surface area contributed by atoms with Crippen LogP contribution in [0.15, 0.2) is 0 Å². The quantitative estimate of drug-likeness (QED) is 0.768. The van der Waals surface area contributed by atoms with Crippen LogP contribution in [0.3, 0.4) is 0 Å². The van der Waals surface area contributed by atoms with Crippen LogP contribution in [0.5, 0.6) is 0 Å². The van der Waals surface area contributed by atoms with Gasteiger partial charge in [-0.3, -0.25) is 9.59 Å². The lowest BCUT2D eigenvalue weighted by molar-refractivity contribution is -0.129. The number of carbonyl (C=O) groups is 2. The largest absolute Gasteiger partial charge is 0.351 e. The third kappa shape index (κ3) is 5.49. The third-order valence-corrected chi connectivity index (χ3v) is 3.78. The van der Waals surface area contributed by atoms with Crippen LogP contribution in [0.25, 0.3) is 0 Å². The van der Waals surface area contributed by atoms with Crippen molar-refractivity contribution in [2.45, 2.75) is 59.0 Å². The average molecular weight is 283 g/mol. The maximum Gasteiger partial charge on any atom is 0.243 e. The van der Waals surface area contributed by atoms with E-state index in [9.17, 15) is 9.59 Å². The van der Waals surface area contributed by atoms with E-state index in [2.05, 4.69) is 22.5 Å². The molecule has 1 atom stereocenters. The van der Waals surface area contributed by atoms with Crippen molar-refractivity contribution < 1.29 is 9.59 Å².